The molecule has 2 aromatic rings. The van der Waals surface area contributed by atoms with Crippen molar-refractivity contribution in [2.24, 2.45) is 0 Å². The number of carbonyl (C=O) groups is 2. The van der Waals surface area contributed by atoms with Crippen molar-refractivity contribution < 1.29 is 19.1 Å². The van der Waals surface area contributed by atoms with Crippen LogP contribution in [-0.4, -0.2) is 18.3 Å². The molecule has 1 saturated heterocycles. The van der Waals surface area contributed by atoms with Gasteiger partial charge in [0.25, 0.3) is 11.1 Å². The molecular formula is C21H21NO4S. The summed E-state index contributed by atoms with van der Waals surface area (Å²) in [6.07, 6.45) is 5.56. The van der Waals surface area contributed by atoms with E-state index >= 15 is 0 Å². The summed E-state index contributed by atoms with van der Waals surface area (Å²) >= 11 is 0.972. The standard InChI is InChI=1S/C21H21NO4S/c1-25-17-8-5-6-9-18(17)26-16-13-11-15(12-14-16)7-3-2-4-10-19-20(23)22-21(24)27-19/h5-6,8-14H,2-4,7H2,1H3,(H,22,23,24). The zero-order valence-electron chi connectivity index (χ0n) is 15.1. The second-order valence-electron chi connectivity index (χ2n) is 6.05. The van der Waals surface area contributed by atoms with E-state index in [2.05, 4.69) is 17.4 Å². The highest BCUT2D eigenvalue weighted by Crippen LogP contribution is 2.31. The van der Waals surface area contributed by atoms with Gasteiger partial charge in [-0.05, 0) is 67.3 Å². The lowest BCUT2D eigenvalue weighted by Crippen LogP contribution is -2.17. The maximum atomic E-state index is 11.4. The van der Waals surface area contributed by atoms with E-state index in [9.17, 15) is 9.59 Å². The maximum Gasteiger partial charge on any atom is 0.290 e. The third-order valence-corrected chi connectivity index (χ3v) is 4.97. The minimum absolute atomic E-state index is 0.282. The first kappa shape index (κ1) is 19.0. The van der Waals surface area contributed by atoms with Gasteiger partial charge in [0.05, 0.1) is 12.0 Å². The molecule has 0 spiro atoms. The van der Waals surface area contributed by atoms with Crippen LogP contribution < -0.4 is 14.8 Å². The van der Waals surface area contributed by atoms with Crippen molar-refractivity contribution in [3.63, 3.8) is 0 Å². The topological polar surface area (TPSA) is 64.6 Å². The molecule has 0 aromatic heterocycles. The molecule has 1 aliphatic rings. The molecule has 2 amide bonds. The van der Waals surface area contributed by atoms with Gasteiger partial charge in [-0.15, -0.1) is 0 Å². The summed E-state index contributed by atoms with van der Waals surface area (Å²) in [5, 5.41) is 1.97. The second kappa shape index (κ2) is 9.28. The van der Waals surface area contributed by atoms with Gasteiger partial charge in [-0.25, -0.2) is 0 Å². The van der Waals surface area contributed by atoms with Gasteiger partial charge < -0.3 is 9.47 Å². The first-order valence-electron chi connectivity index (χ1n) is 8.79. The average Bonchev–Trinajstić information content (AvgIpc) is 3.00. The monoisotopic (exact) mass is 383 g/mol. The van der Waals surface area contributed by atoms with Gasteiger partial charge >= 0.3 is 0 Å². The van der Waals surface area contributed by atoms with Crippen molar-refractivity contribution in [3.8, 4) is 17.2 Å². The van der Waals surface area contributed by atoms with Crippen LogP contribution in [-0.2, 0) is 11.2 Å². The smallest absolute Gasteiger partial charge is 0.290 e. The van der Waals surface area contributed by atoms with Crippen LogP contribution in [0.15, 0.2) is 59.5 Å². The Balaban J connectivity index is 1.45. The Kier molecular flexibility index (Phi) is 6.54. The molecule has 1 heterocycles. The van der Waals surface area contributed by atoms with Crippen LogP contribution in [0.5, 0.6) is 17.2 Å². The van der Waals surface area contributed by atoms with E-state index in [4.69, 9.17) is 9.47 Å². The number of para-hydroxylation sites is 2. The number of hydrogen-bond donors (Lipinski definition) is 1. The number of rotatable bonds is 8. The Morgan fingerprint density at radius 1 is 1.00 bits per heavy atom. The van der Waals surface area contributed by atoms with Crippen molar-refractivity contribution in [2.75, 3.05) is 7.11 Å². The number of imide groups is 1. The van der Waals surface area contributed by atoms with Gasteiger partial charge in [0, 0.05) is 0 Å². The lowest BCUT2D eigenvalue weighted by molar-refractivity contribution is -0.115. The van der Waals surface area contributed by atoms with Crippen LogP contribution in [0.1, 0.15) is 24.8 Å². The highest BCUT2D eigenvalue weighted by Gasteiger charge is 2.24. The fourth-order valence-electron chi connectivity index (χ4n) is 2.72. The third kappa shape index (κ3) is 5.37. The summed E-state index contributed by atoms with van der Waals surface area (Å²) < 4.78 is 11.2. The Hall–Kier alpha value is -2.73. The highest BCUT2D eigenvalue weighted by molar-refractivity contribution is 8.18. The molecule has 0 bridgehead atoms. The number of thioether (sulfide) groups is 1. The molecule has 27 heavy (non-hydrogen) atoms. The largest absolute Gasteiger partial charge is 0.493 e. The van der Waals surface area contributed by atoms with E-state index in [0.29, 0.717) is 16.4 Å². The first-order chi connectivity index (χ1) is 13.2. The van der Waals surface area contributed by atoms with Gasteiger partial charge in [0.2, 0.25) is 0 Å². The number of aryl methyl sites for hydroxylation is 1. The maximum absolute atomic E-state index is 11.4. The Bertz CT molecular complexity index is 846. The molecular weight excluding hydrogens is 362 g/mol. The number of methoxy groups -OCH3 is 1. The first-order valence-corrected chi connectivity index (χ1v) is 9.60. The van der Waals surface area contributed by atoms with E-state index in [0.717, 1.165) is 43.2 Å². The van der Waals surface area contributed by atoms with E-state index in [1.807, 2.05) is 42.5 Å². The Morgan fingerprint density at radius 2 is 1.74 bits per heavy atom. The van der Waals surface area contributed by atoms with Crippen LogP contribution in [0.4, 0.5) is 4.79 Å². The van der Waals surface area contributed by atoms with Crippen LogP contribution in [0.3, 0.4) is 0 Å². The zero-order chi connectivity index (χ0) is 19.1. The predicted octanol–water partition coefficient (Wildman–Crippen LogP) is 5.07. The van der Waals surface area contributed by atoms with Crippen LogP contribution in [0.25, 0.3) is 0 Å². The molecule has 3 rings (SSSR count). The normalized spacial score (nSPS) is 15.1. The summed E-state index contributed by atoms with van der Waals surface area (Å²) in [7, 11) is 1.62. The Morgan fingerprint density at radius 3 is 2.41 bits per heavy atom. The van der Waals surface area contributed by atoms with Gasteiger partial charge in [-0.3, -0.25) is 14.9 Å². The molecule has 0 radical (unpaired) electrons. The average molecular weight is 383 g/mol. The highest BCUT2D eigenvalue weighted by atomic mass is 32.2. The second-order valence-corrected chi connectivity index (χ2v) is 7.07. The molecule has 1 fully saturated rings. The van der Waals surface area contributed by atoms with Gasteiger partial charge in [-0.2, -0.15) is 0 Å². The van der Waals surface area contributed by atoms with E-state index < -0.39 is 0 Å². The molecule has 0 aliphatic carbocycles. The number of carbonyl (C=O) groups excluding carboxylic acids is 2. The summed E-state index contributed by atoms with van der Waals surface area (Å²) in [6, 6.07) is 15.6. The number of nitrogens with one attached hydrogen (secondary N) is 1. The van der Waals surface area contributed by atoms with Crippen molar-refractivity contribution in [1.82, 2.24) is 5.32 Å². The molecule has 2 aromatic carbocycles. The van der Waals surface area contributed by atoms with Crippen LogP contribution in [0.2, 0.25) is 0 Å². The summed E-state index contributed by atoms with van der Waals surface area (Å²) in [6.45, 7) is 0. The van der Waals surface area contributed by atoms with E-state index in [1.165, 1.54) is 5.56 Å². The lowest BCUT2D eigenvalue weighted by Gasteiger charge is -2.10. The number of ether oxygens (including phenoxy) is 2. The molecule has 140 valence electrons. The molecule has 0 unspecified atom stereocenters. The molecule has 0 saturated carbocycles. The minimum atomic E-state index is -0.290. The SMILES string of the molecule is COc1ccccc1Oc1ccc(CCCCC=C2SC(=O)NC2=O)cc1. The molecule has 5 nitrogen and oxygen atoms in total. The number of unbranched alkanes of at least 4 members (excludes halogenated alkanes) is 2. The number of allylic oxidation sites excluding steroid dienone is 1. The van der Waals surface area contributed by atoms with Crippen LogP contribution >= 0.6 is 11.8 Å². The molecule has 1 N–H and O–H groups in total. The van der Waals surface area contributed by atoms with Gasteiger partial charge in [-0.1, -0.05) is 30.3 Å². The Labute approximate surface area is 162 Å². The van der Waals surface area contributed by atoms with Crippen molar-refractivity contribution in [1.29, 1.82) is 0 Å². The van der Waals surface area contributed by atoms with Gasteiger partial charge in [0.15, 0.2) is 11.5 Å². The molecule has 6 heteroatoms. The van der Waals surface area contributed by atoms with E-state index in [1.54, 1.807) is 7.11 Å². The van der Waals surface area contributed by atoms with Crippen molar-refractivity contribution in [2.45, 2.75) is 25.7 Å². The summed E-state index contributed by atoms with van der Waals surface area (Å²) in [4.78, 5) is 23.0. The number of benzene rings is 2. The minimum Gasteiger partial charge on any atom is -0.493 e. The van der Waals surface area contributed by atoms with Gasteiger partial charge in [0.1, 0.15) is 5.75 Å². The number of hydrogen-bond acceptors (Lipinski definition) is 5. The lowest BCUT2D eigenvalue weighted by atomic mass is 10.1. The molecule has 0 atom stereocenters. The summed E-state index contributed by atoms with van der Waals surface area (Å²) in [5.74, 6) is 1.87. The fourth-order valence-corrected chi connectivity index (χ4v) is 3.41. The summed E-state index contributed by atoms with van der Waals surface area (Å²) in [5.41, 5.74) is 1.23. The fraction of sp³-hybridized carbons (Fsp3) is 0.238. The third-order valence-electron chi connectivity index (χ3n) is 4.11. The zero-order valence-corrected chi connectivity index (χ0v) is 15.9. The number of amides is 2. The van der Waals surface area contributed by atoms with Crippen molar-refractivity contribution in [3.05, 3.63) is 65.1 Å². The quantitative estimate of drug-likeness (QED) is 0.509. The molecule has 1 aliphatic heterocycles. The van der Waals surface area contributed by atoms with Crippen molar-refractivity contribution >= 4 is 22.9 Å². The van der Waals surface area contributed by atoms with Crippen LogP contribution in [0, 0.1) is 0 Å². The predicted molar refractivity (Wildman–Crippen MR) is 106 cm³/mol. The van der Waals surface area contributed by atoms with E-state index in [-0.39, 0.29) is 11.1 Å².